The summed E-state index contributed by atoms with van der Waals surface area (Å²) in [5.41, 5.74) is 13.6. The summed E-state index contributed by atoms with van der Waals surface area (Å²) in [7, 11) is 0. The Morgan fingerprint density at radius 3 is 2.08 bits per heavy atom. The number of aromatic nitrogens is 3. The standard InChI is InChI=1S/C49H66N12O11/c1-4-27(2)42(55-28(3)62)48(71)56-35(12-7-8-18-50)49(72)61-19-9-13-40(61)47(70)60-37(20-29-14-16-32(63)17-15-29)44(67)59-39(23-41(64)65)46(69)58-38(21-30-24-53-34-11-6-5-10-33(30)34)45(68)57-36(43(51)66)22-31-25-52-26-54-31/h5-6,10-11,14-17,24-27,35-40,42,53,63H,4,7-9,12-13,18-23,50H2,1-3H3,(H2,51,66)(H,52,54)(H,55,62)(H,56,71)(H,57,68)(H,58,69)(H,59,67)(H,60,70)(H,64,65)/t27-,35-,36-,37-,38-,39-,40-,42-/m0/s1. The number of hydrogen-bond acceptors (Lipinski definition) is 12. The van der Waals surface area contributed by atoms with Crippen LogP contribution in [0, 0.1) is 5.92 Å². The summed E-state index contributed by atoms with van der Waals surface area (Å²) < 4.78 is 0. The van der Waals surface area contributed by atoms with E-state index in [0.29, 0.717) is 54.4 Å². The molecule has 0 bridgehead atoms. The number of amides is 8. The van der Waals surface area contributed by atoms with E-state index in [1.807, 2.05) is 6.92 Å². The van der Waals surface area contributed by atoms with Gasteiger partial charge in [0.1, 0.15) is 48.0 Å². The minimum atomic E-state index is -1.83. The third-order valence-corrected chi connectivity index (χ3v) is 12.6. The van der Waals surface area contributed by atoms with Crippen LogP contribution < -0.4 is 43.4 Å². The Morgan fingerprint density at radius 2 is 1.44 bits per heavy atom. The van der Waals surface area contributed by atoms with Crippen molar-refractivity contribution in [1.29, 1.82) is 0 Å². The fraction of sp³-hybridized carbons (Fsp3) is 0.469. The smallest absolute Gasteiger partial charge is 0.305 e. The second kappa shape index (κ2) is 26.4. The molecular weight excluding hydrogens is 933 g/mol. The van der Waals surface area contributed by atoms with Gasteiger partial charge in [-0.05, 0) is 73.9 Å². The zero-order chi connectivity index (χ0) is 52.5. The van der Waals surface area contributed by atoms with Crippen LogP contribution in [-0.2, 0) is 62.4 Å². The highest BCUT2D eigenvalue weighted by Crippen LogP contribution is 2.23. The van der Waals surface area contributed by atoms with E-state index in [1.165, 1.54) is 48.6 Å². The van der Waals surface area contributed by atoms with Gasteiger partial charge in [-0.3, -0.25) is 43.2 Å². The maximum Gasteiger partial charge on any atom is 0.305 e. The minimum Gasteiger partial charge on any atom is -0.508 e. The number of phenols is 1. The fourth-order valence-electron chi connectivity index (χ4n) is 8.55. The number of nitrogens with zero attached hydrogens (tertiary/aromatic N) is 2. The van der Waals surface area contributed by atoms with Crippen molar-refractivity contribution in [3.63, 3.8) is 0 Å². The Kier molecular flexibility index (Phi) is 20.2. The molecule has 23 heteroatoms. The Bertz CT molecular complexity index is 2530. The van der Waals surface area contributed by atoms with Crippen LogP contribution in [0.2, 0.25) is 0 Å². The van der Waals surface area contributed by atoms with Crippen LogP contribution in [0.1, 0.15) is 82.5 Å². The molecule has 0 saturated carbocycles. The van der Waals surface area contributed by atoms with Gasteiger partial charge in [-0.15, -0.1) is 0 Å². The lowest BCUT2D eigenvalue weighted by atomic mass is 9.97. The molecule has 23 nitrogen and oxygen atoms in total. The highest BCUT2D eigenvalue weighted by molar-refractivity contribution is 5.99. The molecule has 388 valence electrons. The third-order valence-electron chi connectivity index (χ3n) is 12.6. The number of carbonyl (C=O) groups excluding carboxylic acids is 8. The number of carboxylic acid groups (broad SMARTS) is 1. The number of unbranched alkanes of at least 4 members (excludes halogenated alkanes) is 1. The highest BCUT2D eigenvalue weighted by Gasteiger charge is 2.40. The largest absolute Gasteiger partial charge is 0.508 e. The maximum absolute atomic E-state index is 14.4. The van der Waals surface area contributed by atoms with Crippen LogP contribution in [0.5, 0.6) is 5.75 Å². The summed E-state index contributed by atoms with van der Waals surface area (Å²) >= 11 is 0. The van der Waals surface area contributed by atoms with Crippen molar-refractivity contribution < 1.29 is 53.4 Å². The van der Waals surface area contributed by atoms with Crippen molar-refractivity contribution in [3.8, 4) is 5.75 Å². The van der Waals surface area contributed by atoms with Crippen molar-refractivity contribution in [2.45, 2.75) is 127 Å². The van der Waals surface area contributed by atoms with E-state index in [0.717, 1.165) is 5.52 Å². The summed E-state index contributed by atoms with van der Waals surface area (Å²) in [5, 5.41) is 36.5. The number of phenolic OH excluding ortho intramolecular Hbond substituents is 1. The van der Waals surface area contributed by atoms with E-state index in [2.05, 4.69) is 46.9 Å². The summed E-state index contributed by atoms with van der Waals surface area (Å²) in [6, 6.07) is 3.66. The predicted octanol–water partition coefficient (Wildman–Crippen LogP) is -0.321. The molecule has 0 spiro atoms. The Balaban J connectivity index is 1.39. The first-order valence-corrected chi connectivity index (χ1v) is 24.0. The zero-order valence-corrected chi connectivity index (χ0v) is 40.6. The van der Waals surface area contributed by atoms with E-state index < -0.39 is 102 Å². The van der Waals surface area contributed by atoms with Crippen molar-refractivity contribution >= 4 is 64.1 Å². The van der Waals surface area contributed by atoms with E-state index >= 15 is 0 Å². The fourth-order valence-corrected chi connectivity index (χ4v) is 8.55. The molecule has 4 aromatic rings. The monoisotopic (exact) mass is 998 g/mol. The first kappa shape index (κ1) is 55.1. The maximum atomic E-state index is 14.4. The van der Waals surface area contributed by atoms with Crippen molar-refractivity contribution in [2.24, 2.45) is 17.4 Å². The number of imidazole rings is 1. The molecule has 5 rings (SSSR count). The number of likely N-dealkylation sites (tertiary alicyclic amines) is 1. The van der Waals surface area contributed by atoms with Crippen LogP contribution in [0.3, 0.4) is 0 Å². The van der Waals surface area contributed by atoms with Gasteiger partial charge in [0.15, 0.2) is 0 Å². The number of H-pyrrole nitrogens is 2. The van der Waals surface area contributed by atoms with Gasteiger partial charge in [-0.25, -0.2) is 4.98 Å². The molecule has 0 aliphatic carbocycles. The number of primary amides is 1. The Morgan fingerprint density at radius 1 is 0.792 bits per heavy atom. The van der Waals surface area contributed by atoms with Gasteiger partial charge in [-0.1, -0.05) is 50.6 Å². The number of benzene rings is 2. The number of rotatable bonds is 27. The molecule has 1 aliphatic heterocycles. The van der Waals surface area contributed by atoms with Crippen LogP contribution in [0.25, 0.3) is 10.9 Å². The number of carboxylic acids is 1. The van der Waals surface area contributed by atoms with Gasteiger partial charge in [0, 0.05) is 56.0 Å². The number of aliphatic carboxylic acids is 1. The zero-order valence-electron chi connectivity index (χ0n) is 40.6. The molecule has 1 saturated heterocycles. The van der Waals surface area contributed by atoms with Crippen LogP contribution in [-0.4, -0.2) is 139 Å². The van der Waals surface area contributed by atoms with E-state index in [-0.39, 0.29) is 50.3 Å². The second-order valence-corrected chi connectivity index (χ2v) is 18.0. The molecule has 14 N–H and O–H groups in total. The SMILES string of the molecule is CC[C@H](C)[C@H](NC(C)=O)C(=O)N[C@@H](CCCCN)C(=O)N1CCC[C@H]1C(=O)N[C@@H](Cc1ccc(O)cc1)C(=O)N[C@@H](CC(=O)O)C(=O)N[C@@H](Cc1c[nH]c2ccccc12)C(=O)N[C@@H](Cc1c[nH]cn1)C(N)=O. The summed E-state index contributed by atoms with van der Waals surface area (Å²) in [5.74, 6) is -8.01. The predicted molar refractivity (Wildman–Crippen MR) is 262 cm³/mol. The van der Waals surface area contributed by atoms with Gasteiger partial charge in [-0.2, -0.15) is 0 Å². The average Bonchev–Trinajstić information content (AvgIpc) is 4.15. The van der Waals surface area contributed by atoms with Crippen molar-refractivity contribution in [3.05, 3.63) is 84.1 Å². The Labute approximate surface area is 415 Å². The first-order chi connectivity index (χ1) is 34.4. The number of nitrogens with two attached hydrogens (primary N) is 2. The molecular formula is C49H66N12O11. The van der Waals surface area contributed by atoms with Crippen molar-refractivity contribution in [1.82, 2.24) is 51.8 Å². The topological polar surface area (TPSA) is 366 Å². The normalized spacial score (nSPS) is 16.2. The molecule has 8 amide bonds. The number of hydrogen-bond donors (Lipinski definition) is 12. The molecule has 2 aromatic carbocycles. The molecule has 72 heavy (non-hydrogen) atoms. The molecule has 2 aromatic heterocycles. The quantitative estimate of drug-likeness (QED) is 0.0341. The second-order valence-electron chi connectivity index (χ2n) is 18.0. The summed E-state index contributed by atoms with van der Waals surface area (Å²) in [6.45, 7) is 5.40. The number of para-hydroxylation sites is 1. The van der Waals surface area contributed by atoms with E-state index in [4.69, 9.17) is 11.5 Å². The van der Waals surface area contributed by atoms with E-state index in [1.54, 1.807) is 37.4 Å². The number of fused-ring (bicyclic) bond motifs is 1. The van der Waals surface area contributed by atoms with Crippen LogP contribution in [0.15, 0.2) is 67.3 Å². The summed E-state index contributed by atoms with van der Waals surface area (Å²) in [6.07, 6.45) is 5.37. The molecule has 3 heterocycles. The molecule has 1 fully saturated rings. The Hall–Kier alpha value is -7.82. The lowest BCUT2D eigenvalue weighted by Gasteiger charge is -2.31. The molecule has 1 aliphatic rings. The third kappa shape index (κ3) is 15.6. The number of nitrogens with one attached hydrogen (secondary N) is 8. The van der Waals surface area contributed by atoms with Crippen LogP contribution in [0.4, 0.5) is 0 Å². The highest BCUT2D eigenvalue weighted by atomic mass is 16.4. The lowest BCUT2D eigenvalue weighted by Crippen LogP contribution is -2.60. The minimum absolute atomic E-state index is 0.0859. The van der Waals surface area contributed by atoms with Gasteiger partial charge in [0.2, 0.25) is 47.3 Å². The van der Waals surface area contributed by atoms with Gasteiger partial charge < -0.3 is 68.4 Å². The first-order valence-electron chi connectivity index (χ1n) is 24.0. The average molecular weight is 999 g/mol. The molecule has 8 atom stereocenters. The number of aromatic hydroxyl groups is 1. The van der Waals surface area contributed by atoms with E-state index in [9.17, 15) is 53.4 Å². The summed E-state index contributed by atoms with van der Waals surface area (Å²) in [4.78, 5) is 133. The van der Waals surface area contributed by atoms with Crippen LogP contribution >= 0.6 is 0 Å². The van der Waals surface area contributed by atoms with Gasteiger partial charge in [0.25, 0.3) is 0 Å². The van der Waals surface area contributed by atoms with Gasteiger partial charge in [0.05, 0.1) is 18.4 Å². The molecule has 0 unspecified atom stereocenters. The van der Waals surface area contributed by atoms with Crippen molar-refractivity contribution in [2.75, 3.05) is 13.1 Å². The number of aromatic amines is 2. The number of carbonyl (C=O) groups is 9. The molecule has 0 radical (unpaired) electrons. The lowest BCUT2D eigenvalue weighted by molar-refractivity contribution is -0.143. The van der Waals surface area contributed by atoms with Gasteiger partial charge >= 0.3 is 5.97 Å².